The summed E-state index contributed by atoms with van der Waals surface area (Å²) in [5.74, 6) is -0.362. The Hall–Kier alpha value is -2.55. The van der Waals surface area contributed by atoms with E-state index in [0.717, 1.165) is 6.26 Å². The summed E-state index contributed by atoms with van der Waals surface area (Å²) >= 11 is 6.19. The summed E-state index contributed by atoms with van der Waals surface area (Å²) in [6.07, 6.45) is 0.903. The molecule has 0 aliphatic heterocycles. The molecular formula is C20H18ClFN2O4S. The van der Waals surface area contributed by atoms with Crippen LogP contribution in [-0.4, -0.2) is 24.5 Å². The average Bonchev–Trinajstić information content (AvgIpc) is 2.65. The van der Waals surface area contributed by atoms with Crippen molar-refractivity contribution in [3.05, 3.63) is 86.4 Å². The van der Waals surface area contributed by atoms with Gasteiger partial charge in [0.1, 0.15) is 5.82 Å². The maximum Gasteiger partial charge on any atom is 0.272 e. The third-order valence-corrected chi connectivity index (χ3v) is 5.12. The molecule has 1 aromatic heterocycles. The lowest BCUT2D eigenvalue weighted by Crippen LogP contribution is -2.28. The highest BCUT2D eigenvalue weighted by Gasteiger charge is 2.14. The smallest absolute Gasteiger partial charge is 0.267 e. The molecule has 0 unspecified atom stereocenters. The minimum atomic E-state index is -3.75. The SMILES string of the molecule is Cc1cc(-c2cc(COS(C)(=O)=O)c(=O)n(Cc3ccccc3Cl)n2)ccc1F. The first-order valence-electron chi connectivity index (χ1n) is 8.59. The Bertz CT molecular complexity index is 1230. The maximum atomic E-state index is 13.6. The molecule has 0 saturated carbocycles. The monoisotopic (exact) mass is 436 g/mol. The molecule has 0 aliphatic carbocycles. The van der Waals surface area contributed by atoms with Crippen molar-refractivity contribution < 1.29 is 17.0 Å². The first-order valence-corrected chi connectivity index (χ1v) is 10.8. The highest BCUT2D eigenvalue weighted by Crippen LogP contribution is 2.21. The van der Waals surface area contributed by atoms with E-state index in [1.165, 1.54) is 22.9 Å². The molecule has 0 radical (unpaired) electrons. The number of nitrogens with zero attached hydrogens (tertiary/aromatic N) is 2. The molecule has 3 rings (SSSR count). The molecular weight excluding hydrogens is 419 g/mol. The minimum Gasteiger partial charge on any atom is -0.267 e. The fraction of sp³-hybridized carbons (Fsp3) is 0.200. The van der Waals surface area contributed by atoms with Gasteiger partial charge in [-0.2, -0.15) is 13.5 Å². The molecule has 152 valence electrons. The summed E-state index contributed by atoms with van der Waals surface area (Å²) in [5, 5.41) is 4.84. The van der Waals surface area contributed by atoms with Gasteiger partial charge in [-0.15, -0.1) is 0 Å². The number of benzene rings is 2. The molecule has 9 heteroatoms. The van der Waals surface area contributed by atoms with Crippen LogP contribution in [0.3, 0.4) is 0 Å². The highest BCUT2D eigenvalue weighted by molar-refractivity contribution is 7.85. The first kappa shape index (κ1) is 21.2. The fourth-order valence-corrected chi connectivity index (χ4v) is 3.25. The Kier molecular flexibility index (Phi) is 6.16. The number of aromatic nitrogens is 2. The molecule has 0 fully saturated rings. The minimum absolute atomic E-state index is 0.0817. The van der Waals surface area contributed by atoms with Crippen molar-refractivity contribution in [3.8, 4) is 11.3 Å². The zero-order chi connectivity index (χ0) is 21.2. The summed E-state index contributed by atoms with van der Waals surface area (Å²) in [6.45, 7) is 1.26. The standard InChI is InChI=1S/C20H18ClFN2O4S/c1-13-9-14(7-8-18(13)22)19-10-16(12-28-29(2,26)27)20(25)24(23-19)11-15-5-3-4-6-17(15)21/h3-10H,11-12H2,1-2H3. The maximum absolute atomic E-state index is 13.6. The second-order valence-corrected chi connectivity index (χ2v) is 8.59. The average molecular weight is 437 g/mol. The van der Waals surface area contributed by atoms with Gasteiger partial charge in [-0.3, -0.25) is 8.98 Å². The summed E-state index contributed by atoms with van der Waals surface area (Å²) in [5.41, 5.74) is 1.66. The molecule has 0 saturated heterocycles. The van der Waals surface area contributed by atoms with Crippen molar-refractivity contribution >= 4 is 21.7 Å². The van der Waals surface area contributed by atoms with E-state index in [1.807, 2.05) is 0 Å². The zero-order valence-electron chi connectivity index (χ0n) is 15.7. The molecule has 0 bridgehead atoms. The van der Waals surface area contributed by atoms with E-state index in [0.29, 0.717) is 27.4 Å². The van der Waals surface area contributed by atoms with E-state index in [1.54, 1.807) is 37.3 Å². The van der Waals surface area contributed by atoms with Crippen LogP contribution in [0.5, 0.6) is 0 Å². The lowest BCUT2D eigenvalue weighted by atomic mass is 10.1. The Labute approximate surface area is 172 Å². The predicted octanol–water partition coefficient (Wildman–Crippen LogP) is 3.54. The van der Waals surface area contributed by atoms with E-state index in [4.69, 9.17) is 15.8 Å². The molecule has 2 aromatic carbocycles. The Morgan fingerprint density at radius 1 is 1.14 bits per heavy atom. The van der Waals surface area contributed by atoms with Crippen LogP contribution >= 0.6 is 11.6 Å². The molecule has 3 aromatic rings. The van der Waals surface area contributed by atoms with Crippen LogP contribution in [-0.2, 0) is 27.5 Å². The lowest BCUT2D eigenvalue weighted by Gasteiger charge is -2.12. The highest BCUT2D eigenvalue weighted by atomic mass is 35.5. The summed E-state index contributed by atoms with van der Waals surface area (Å²) in [7, 11) is -3.75. The number of aryl methyl sites for hydroxylation is 1. The topological polar surface area (TPSA) is 78.3 Å². The van der Waals surface area contributed by atoms with Crippen molar-refractivity contribution in [1.29, 1.82) is 0 Å². The normalized spacial score (nSPS) is 11.6. The Balaban J connectivity index is 2.11. The van der Waals surface area contributed by atoms with E-state index in [2.05, 4.69) is 5.10 Å². The van der Waals surface area contributed by atoms with Crippen LogP contribution < -0.4 is 5.56 Å². The molecule has 29 heavy (non-hydrogen) atoms. The van der Waals surface area contributed by atoms with Gasteiger partial charge in [0.2, 0.25) is 0 Å². The second kappa shape index (κ2) is 8.44. The molecule has 0 N–H and O–H groups in total. The van der Waals surface area contributed by atoms with Gasteiger partial charge in [0.25, 0.3) is 15.7 Å². The molecule has 0 aliphatic rings. The summed E-state index contributed by atoms with van der Waals surface area (Å²) in [4.78, 5) is 12.8. The molecule has 0 amide bonds. The van der Waals surface area contributed by atoms with Crippen LogP contribution in [0.25, 0.3) is 11.3 Å². The largest absolute Gasteiger partial charge is 0.272 e. The van der Waals surface area contributed by atoms with E-state index in [-0.39, 0.29) is 17.9 Å². The van der Waals surface area contributed by atoms with Crippen molar-refractivity contribution in [1.82, 2.24) is 9.78 Å². The predicted molar refractivity (Wildman–Crippen MR) is 109 cm³/mol. The summed E-state index contributed by atoms with van der Waals surface area (Å²) in [6, 6.07) is 12.9. The quantitative estimate of drug-likeness (QED) is 0.552. The van der Waals surface area contributed by atoms with Gasteiger partial charge in [0.15, 0.2) is 0 Å². The molecule has 0 spiro atoms. The van der Waals surface area contributed by atoms with E-state index < -0.39 is 22.3 Å². The van der Waals surface area contributed by atoms with Crippen LogP contribution in [0.4, 0.5) is 4.39 Å². The van der Waals surface area contributed by atoms with Gasteiger partial charge < -0.3 is 0 Å². The van der Waals surface area contributed by atoms with Crippen molar-refractivity contribution in [2.45, 2.75) is 20.1 Å². The Morgan fingerprint density at radius 2 is 1.86 bits per heavy atom. The van der Waals surface area contributed by atoms with E-state index >= 15 is 0 Å². The fourth-order valence-electron chi connectivity index (χ4n) is 2.71. The number of halogens is 2. The van der Waals surface area contributed by atoms with Gasteiger partial charge in [-0.05, 0) is 48.4 Å². The molecule has 6 nitrogen and oxygen atoms in total. The second-order valence-electron chi connectivity index (χ2n) is 6.54. The number of hydrogen-bond donors (Lipinski definition) is 0. The van der Waals surface area contributed by atoms with Crippen molar-refractivity contribution in [2.75, 3.05) is 6.26 Å². The van der Waals surface area contributed by atoms with Crippen LogP contribution in [0.1, 0.15) is 16.7 Å². The molecule has 1 heterocycles. The van der Waals surface area contributed by atoms with Gasteiger partial charge in [-0.1, -0.05) is 29.8 Å². The van der Waals surface area contributed by atoms with E-state index in [9.17, 15) is 17.6 Å². The van der Waals surface area contributed by atoms with Crippen molar-refractivity contribution in [2.24, 2.45) is 0 Å². The van der Waals surface area contributed by atoms with Gasteiger partial charge in [0.05, 0.1) is 25.1 Å². The van der Waals surface area contributed by atoms with Gasteiger partial charge >= 0.3 is 0 Å². The lowest BCUT2D eigenvalue weighted by molar-refractivity contribution is 0.308. The van der Waals surface area contributed by atoms with Crippen LogP contribution in [0.2, 0.25) is 5.02 Å². The van der Waals surface area contributed by atoms with Gasteiger partial charge in [0, 0.05) is 16.1 Å². The summed E-state index contributed by atoms with van der Waals surface area (Å²) < 4.78 is 42.4. The molecule has 0 atom stereocenters. The number of hydrogen-bond acceptors (Lipinski definition) is 5. The van der Waals surface area contributed by atoms with Gasteiger partial charge in [-0.25, -0.2) is 9.07 Å². The first-order chi connectivity index (χ1) is 13.6. The third-order valence-electron chi connectivity index (χ3n) is 4.21. The third kappa shape index (κ3) is 5.29. The Morgan fingerprint density at radius 3 is 2.52 bits per heavy atom. The van der Waals surface area contributed by atoms with Crippen LogP contribution in [0.15, 0.2) is 53.3 Å². The number of rotatable bonds is 6. The zero-order valence-corrected chi connectivity index (χ0v) is 17.3. The van der Waals surface area contributed by atoms with Crippen molar-refractivity contribution in [3.63, 3.8) is 0 Å². The van der Waals surface area contributed by atoms with Crippen LogP contribution in [0, 0.1) is 12.7 Å².